The van der Waals surface area contributed by atoms with Gasteiger partial charge in [-0.05, 0) is 68.7 Å². The summed E-state index contributed by atoms with van der Waals surface area (Å²) in [4.78, 5) is 12.6. The van der Waals surface area contributed by atoms with E-state index in [0.29, 0.717) is 24.4 Å². The minimum absolute atomic E-state index is 0.106. The Labute approximate surface area is 182 Å². The van der Waals surface area contributed by atoms with Gasteiger partial charge < -0.3 is 10.1 Å². The SMILES string of the molecule is CC(C)Oc1ccc(S(=O)(=O)N2CCCCC2)cc1NC(=O)/C=C\c1cccc(F)c1. The Kier molecular flexibility index (Phi) is 7.46. The van der Waals surface area contributed by atoms with Gasteiger partial charge in [-0.1, -0.05) is 18.6 Å². The van der Waals surface area contributed by atoms with Crippen LogP contribution in [-0.2, 0) is 14.8 Å². The molecule has 31 heavy (non-hydrogen) atoms. The van der Waals surface area contributed by atoms with Crippen molar-refractivity contribution in [3.63, 3.8) is 0 Å². The molecule has 0 aliphatic carbocycles. The first-order valence-electron chi connectivity index (χ1n) is 10.3. The minimum atomic E-state index is -3.66. The Balaban J connectivity index is 1.85. The summed E-state index contributed by atoms with van der Waals surface area (Å²) in [7, 11) is -3.66. The molecular formula is C23H27FN2O4S. The van der Waals surface area contributed by atoms with E-state index in [1.54, 1.807) is 18.2 Å². The van der Waals surface area contributed by atoms with E-state index in [4.69, 9.17) is 4.74 Å². The summed E-state index contributed by atoms with van der Waals surface area (Å²) in [5, 5.41) is 2.69. The Morgan fingerprint density at radius 2 is 1.87 bits per heavy atom. The highest BCUT2D eigenvalue weighted by atomic mass is 32.2. The van der Waals surface area contributed by atoms with Crippen LogP contribution in [0.3, 0.4) is 0 Å². The van der Waals surface area contributed by atoms with Gasteiger partial charge in [-0.15, -0.1) is 0 Å². The van der Waals surface area contributed by atoms with Gasteiger partial charge in [0.25, 0.3) is 0 Å². The first kappa shape index (κ1) is 23.0. The maximum absolute atomic E-state index is 13.3. The van der Waals surface area contributed by atoms with Crippen molar-refractivity contribution in [1.29, 1.82) is 0 Å². The molecule has 0 bridgehead atoms. The molecule has 1 amide bonds. The highest BCUT2D eigenvalue weighted by Gasteiger charge is 2.27. The summed E-state index contributed by atoms with van der Waals surface area (Å²) in [6.45, 7) is 4.66. The number of piperidine rings is 1. The second kappa shape index (κ2) is 10.1. The average Bonchev–Trinajstić information content (AvgIpc) is 2.74. The number of hydrogen-bond acceptors (Lipinski definition) is 4. The fraction of sp³-hybridized carbons (Fsp3) is 0.348. The lowest BCUT2D eigenvalue weighted by Gasteiger charge is -2.26. The van der Waals surface area contributed by atoms with E-state index >= 15 is 0 Å². The van der Waals surface area contributed by atoms with Crippen LogP contribution in [0, 0.1) is 5.82 Å². The summed E-state index contributed by atoms with van der Waals surface area (Å²) in [6.07, 6.45) is 5.27. The lowest BCUT2D eigenvalue weighted by molar-refractivity contribution is -0.111. The summed E-state index contributed by atoms with van der Waals surface area (Å²) < 4.78 is 46.6. The molecule has 1 fully saturated rings. The Hall–Kier alpha value is -2.71. The van der Waals surface area contributed by atoms with E-state index in [1.165, 1.54) is 40.7 Å². The van der Waals surface area contributed by atoms with Crippen LogP contribution >= 0.6 is 0 Å². The topological polar surface area (TPSA) is 75.7 Å². The third-order valence-corrected chi connectivity index (χ3v) is 6.69. The van der Waals surface area contributed by atoms with Crippen LogP contribution in [-0.4, -0.2) is 37.8 Å². The van der Waals surface area contributed by atoms with Crippen molar-refractivity contribution in [1.82, 2.24) is 4.31 Å². The van der Waals surface area contributed by atoms with Crippen molar-refractivity contribution in [2.75, 3.05) is 18.4 Å². The van der Waals surface area contributed by atoms with Crippen LogP contribution in [0.5, 0.6) is 5.75 Å². The minimum Gasteiger partial charge on any atom is -0.489 e. The second-order valence-corrected chi connectivity index (χ2v) is 9.60. The molecule has 1 aliphatic heterocycles. The van der Waals surface area contributed by atoms with E-state index < -0.39 is 21.7 Å². The highest BCUT2D eigenvalue weighted by molar-refractivity contribution is 7.89. The first-order chi connectivity index (χ1) is 14.8. The monoisotopic (exact) mass is 446 g/mol. The van der Waals surface area contributed by atoms with Crippen LogP contribution in [0.15, 0.2) is 53.4 Å². The Morgan fingerprint density at radius 1 is 1.13 bits per heavy atom. The van der Waals surface area contributed by atoms with Gasteiger partial charge >= 0.3 is 0 Å². The third kappa shape index (κ3) is 6.15. The number of ether oxygens (including phenoxy) is 1. The fourth-order valence-electron chi connectivity index (χ4n) is 3.33. The zero-order valence-corrected chi connectivity index (χ0v) is 18.5. The quantitative estimate of drug-likeness (QED) is 0.638. The molecule has 6 nitrogen and oxygen atoms in total. The van der Waals surface area contributed by atoms with Gasteiger partial charge in [-0.25, -0.2) is 12.8 Å². The molecule has 1 N–H and O–H groups in total. The Morgan fingerprint density at radius 3 is 2.55 bits per heavy atom. The molecule has 1 saturated heterocycles. The number of rotatable bonds is 7. The molecule has 2 aromatic carbocycles. The fourth-order valence-corrected chi connectivity index (χ4v) is 4.88. The maximum Gasteiger partial charge on any atom is 0.248 e. The van der Waals surface area contributed by atoms with Crippen LogP contribution in [0.2, 0.25) is 0 Å². The molecular weight excluding hydrogens is 419 g/mol. The predicted molar refractivity (Wildman–Crippen MR) is 119 cm³/mol. The third-order valence-electron chi connectivity index (χ3n) is 4.80. The van der Waals surface area contributed by atoms with Gasteiger partial charge in [-0.3, -0.25) is 4.79 Å². The maximum atomic E-state index is 13.3. The zero-order valence-electron chi connectivity index (χ0n) is 17.7. The smallest absolute Gasteiger partial charge is 0.248 e. The Bertz CT molecular complexity index is 1060. The molecule has 0 spiro atoms. The number of carbonyl (C=O) groups is 1. The number of anilines is 1. The van der Waals surface area contributed by atoms with Crippen molar-refractivity contribution >= 4 is 27.7 Å². The standard InChI is InChI=1S/C23H27FN2O4S/c1-17(2)30-22-11-10-20(31(28,29)26-13-4-3-5-14-26)16-21(22)25-23(27)12-9-18-7-6-8-19(24)15-18/h6-12,15-17H,3-5,13-14H2,1-2H3,(H,25,27)/b12-9-. The molecule has 166 valence electrons. The van der Waals surface area contributed by atoms with E-state index in [-0.39, 0.29) is 16.7 Å². The summed E-state index contributed by atoms with van der Waals surface area (Å²) in [5.41, 5.74) is 0.802. The molecule has 0 saturated carbocycles. The molecule has 1 heterocycles. The largest absolute Gasteiger partial charge is 0.489 e. The summed E-state index contributed by atoms with van der Waals surface area (Å²) in [5.74, 6) is -0.503. The number of benzene rings is 2. The van der Waals surface area contributed by atoms with Gasteiger partial charge in [0.2, 0.25) is 15.9 Å². The molecule has 0 aromatic heterocycles. The highest BCUT2D eigenvalue weighted by Crippen LogP contribution is 2.31. The lowest BCUT2D eigenvalue weighted by atomic mass is 10.2. The molecule has 0 unspecified atom stereocenters. The van der Waals surface area contributed by atoms with Gasteiger partial charge in [0.1, 0.15) is 11.6 Å². The van der Waals surface area contributed by atoms with Crippen molar-refractivity contribution in [2.45, 2.75) is 44.1 Å². The van der Waals surface area contributed by atoms with Crippen molar-refractivity contribution < 1.29 is 22.3 Å². The first-order valence-corrected chi connectivity index (χ1v) is 11.8. The van der Waals surface area contributed by atoms with Gasteiger partial charge in [-0.2, -0.15) is 4.31 Å². The molecule has 1 aliphatic rings. The lowest BCUT2D eigenvalue weighted by Crippen LogP contribution is -2.35. The van der Waals surface area contributed by atoms with E-state index in [0.717, 1.165) is 19.3 Å². The summed E-state index contributed by atoms with van der Waals surface area (Å²) in [6, 6.07) is 10.3. The van der Waals surface area contributed by atoms with Crippen molar-refractivity contribution in [3.8, 4) is 5.75 Å². The van der Waals surface area contributed by atoms with Crippen LogP contribution in [0.4, 0.5) is 10.1 Å². The number of hydrogen-bond donors (Lipinski definition) is 1. The van der Waals surface area contributed by atoms with Gasteiger partial charge in [0.05, 0.1) is 16.7 Å². The number of carbonyl (C=O) groups excluding carboxylic acids is 1. The molecule has 2 aromatic rings. The summed E-state index contributed by atoms with van der Waals surface area (Å²) >= 11 is 0. The van der Waals surface area contributed by atoms with E-state index in [9.17, 15) is 17.6 Å². The van der Waals surface area contributed by atoms with Crippen LogP contribution < -0.4 is 10.1 Å². The molecule has 3 rings (SSSR count). The molecule has 0 radical (unpaired) electrons. The second-order valence-electron chi connectivity index (χ2n) is 7.67. The number of halogens is 1. The number of amides is 1. The van der Waals surface area contributed by atoms with Crippen LogP contribution in [0.25, 0.3) is 6.08 Å². The van der Waals surface area contributed by atoms with Crippen LogP contribution in [0.1, 0.15) is 38.7 Å². The number of nitrogens with one attached hydrogen (secondary N) is 1. The van der Waals surface area contributed by atoms with E-state index in [1.807, 2.05) is 13.8 Å². The van der Waals surface area contributed by atoms with Gasteiger partial charge in [0, 0.05) is 19.2 Å². The molecule has 8 heteroatoms. The van der Waals surface area contributed by atoms with Gasteiger partial charge in [0.15, 0.2) is 0 Å². The van der Waals surface area contributed by atoms with Crippen molar-refractivity contribution in [3.05, 3.63) is 59.9 Å². The normalized spacial score (nSPS) is 15.4. The average molecular weight is 447 g/mol. The number of nitrogens with zero attached hydrogens (tertiary/aromatic N) is 1. The van der Waals surface area contributed by atoms with Crippen molar-refractivity contribution in [2.24, 2.45) is 0 Å². The van der Waals surface area contributed by atoms with E-state index in [2.05, 4.69) is 5.32 Å². The molecule has 0 atom stereocenters. The zero-order chi connectivity index (χ0) is 22.4. The predicted octanol–water partition coefficient (Wildman–Crippen LogP) is 4.44. The number of sulfonamides is 1.